The van der Waals surface area contributed by atoms with Crippen molar-refractivity contribution in [2.45, 2.75) is 19.4 Å². The molecule has 96 valence electrons. The molecule has 1 unspecified atom stereocenters. The third-order valence-corrected chi connectivity index (χ3v) is 2.21. The minimum absolute atomic E-state index is 0.208. The number of aliphatic hydroxyl groups excluding tert-OH is 1. The summed E-state index contributed by atoms with van der Waals surface area (Å²) in [7, 11) is 2.68. The lowest BCUT2D eigenvalue weighted by Gasteiger charge is -2.10. The van der Waals surface area contributed by atoms with E-state index in [-0.39, 0.29) is 6.10 Å². The summed E-state index contributed by atoms with van der Waals surface area (Å²) in [4.78, 5) is 10.4. The van der Waals surface area contributed by atoms with E-state index in [4.69, 9.17) is 14.6 Å². The third-order valence-electron chi connectivity index (χ3n) is 2.21. The molecule has 4 nitrogen and oxygen atoms in total. The molecule has 1 rings (SSSR count). The van der Waals surface area contributed by atoms with Gasteiger partial charge in [-0.15, -0.1) is 0 Å². The van der Waals surface area contributed by atoms with E-state index < -0.39 is 0 Å². The molecule has 1 atom stereocenters. The molecule has 0 saturated carbocycles. The maximum atomic E-state index is 10.4. The van der Waals surface area contributed by atoms with Crippen LogP contribution in [0.3, 0.4) is 0 Å². The number of hydrogen-bond acceptors (Lipinski definition) is 4. The summed E-state index contributed by atoms with van der Waals surface area (Å²) in [5, 5.41) is 7.00. The largest absolute Gasteiger partial charge is 0.493 e. The molecule has 0 spiro atoms. The van der Waals surface area contributed by atoms with Crippen LogP contribution >= 0.6 is 0 Å². The number of methoxy groups -OCH3 is 1. The topological polar surface area (TPSA) is 55.8 Å². The van der Waals surface area contributed by atoms with Gasteiger partial charge in [-0.25, -0.2) is 0 Å². The van der Waals surface area contributed by atoms with Crippen molar-refractivity contribution in [2.75, 3.05) is 20.8 Å². The van der Waals surface area contributed by atoms with Crippen molar-refractivity contribution >= 4 is 6.29 Å². The van der Waals surface area contributed by atoms with Crippen LogP contribution in [0.5, 0.6) is 5.75 Å². The van der Waals surface area contributed by atoms with Crippen LogP contribution in [0.15, 0.2) is 24.3 Å². The fourth-order valence-electron chi connectivity index (χ4n) is 1.10. The van der Waals surface area contributed by atoms with Gasteiger partial charge in [-0.3, -0.25) is 4.79 Å². The summed E-state index contributed by atoms with van der Waals surface area (Å²) in [6.07, 6.45) is 1.88. The average molecular weight is 240 g/mol. The van der Waals surface area contributed by atoms with E-state index in [0.29, 0.717) is 12.2 Å². The van der Waals surface area contributed by atoms with Crippen molar-refractivity contribution in [1.29, 1.82) is 0 Å². The molecule has 1 N–H and O–H groups in total. The highest BCUT2D eigenvalue weighted by Crippen LogP contribution is 2.11. The van der Waals surface area contributed by atoms with Crippen LogP contribution in [0.25, 0.3) is 0 Å². The molecule has 0 amide bonds. The lowest BCUT2D eigenvalue weighted by Crippen LogP contribution is -2.10. The molecule has 0 heterocycles. The second kappa shape index (κ2) is 9.81. The van der Waals surface area contributed by atoms with E-state index in [1.165, 1.54) is 0 Å². The molecule has 1 aromatic carbocycles. The molecular weight excluding hydrogens is 220 g/mol. The molecule has 17 heavy (non-hydrogen) atoms. The zero-order valence-corrected chi connectivity index (χ0v) is 10.6. The smallest absolute Gasteiger partial charge is 0.150 e. The Hall–Kier alpha value is -1.39. The predicted octanol–water partition coefficient (Wildman–Crippen LogP) is 1.91. The molecule has 0 aliphatic rings. The van der Waals surface area contributed by atoms with Crippen LogP contribution in [0.2, 0.25) is 0 Å². The number of carbonyl (C=O) groups is 1. The Morgan fingerprint density at radius 1 is 1.29 bits per heavy atom. The molecule has 0 radical (unpaired) electrons. The number of aldehydes is 1. The number of aliphatic hydroxyl groups is 1. The summed E-state index contributed by atoms with van der Waals surface area (Å²) in [5.74, 6) is 0.781. The van der Waals surface area contributed by atoms with Gasteiger partial charge in [-0.05, 0) is 31.2 Å². The second-order valence-electron chi connectivity index (χ2n) is 3.37. The van der Waals surface area contributed by atoms with E-state index in [2.05, 4.69) is 0 Å². The Morgan fingerprint density at radius 2 is 1.88 bits per heavy atom. The van der Waals surface area contributed by atoms with Crippen LogP contribution in [-0.4, -0.2) is 38.3 Å². The van der Waals surface area contributed by atoms with Gasteiger partial charge in [0.2, 0.25) is 0 Å². The number of carbonyl (C=O) groups excluding carboxylic acids is 1. The first-order valence-electron chi connectivity index (χ1n) is 5.42. The van der Waals surface area contributed by atoms with Gasteiger partial charge >= 0.3 is 0 Å². The van der Waals surface area contributed by atoms with Crippen molar-refractivity contribution in [3.05, 3.63) is 29.8 Å². The Bertz CT molecular complexity index is 295. The summed E-state index contributed by atoms with van der Waals surface area (Å²) >= 11 is 0. The minimum atomic E-state index is 0.208. The zero-order valence-electron chi connectivity index (χ0n) is 10.6. The summed E-state index contributed by atoms with van der Waals surface area (Å²) < 4.78 is 10.6. The maximum Gasteiger partial charge on any atom is 0.150 e. The average Bonchev–Trinajstić information content (AvgIpc) is 2.41. The molecule has 0 bridgehead atoms. The zero-order chi connectivity index (χ0) is 13.1. The van der Waals surface area contributed by atoms with Crippen molar-refractivity contribution in [3.63, 3.8) is 0 Å². The molecule has 1 aromatic rings. The van der Waals surface area contributed by atoms with Crippen molar-refractivity contribution < 1.29 is 19.4 Å². The Balaban J connectivity index is 0.00000121. The molecule has 0 aliphatic heterocycles. The number of benzene rings is 1. The van der Waals surface area contributed by atoms with Crippen LogP contribution in [-0.2, 0) is 4.74 Å². The predicted molar refractivity (Wildman–Crippen MR) is 66.6 cm³/mol. The first kappa shape index (κ1) is 15.6. The normalized spacial score (nSPS) is 11.1. The van der Waals surface area contributed by atoms with Gasteiger partial charge in [0, 0.05) is 26.2 Å². The Morgan fingerprint density at radius 3 is 2.35 bits per heavy atom. The highest BCUT2D eigenvalue weighted by Gasteiger charge is 1.99. The van der Waals surface area contributed by atoms with Gasteiger partial charge in [0.05, 0.1) is 12.7 Å². The summed E-state index contributed by atoms with van der Waals surface area (Å²) in [6.45, 7) is 2.62. The minimum Gasteiger partial charge on any atom is -0.493 e. The SMILES string of the molecule is CO.COC(C)CCOc1ccc(C=O)cc1. The molecular formula is C13H20O4. The quantitative estimate of drug-likeness (QED) is 0.772. The van der Waals surface area contributed by atoms with E-state index in [1.54, 1.807) is 31.4 Å². The van der Waals surface area contributed by atoms with Gasteiger partial charge in [0.25, 0.3) is 0 Å². The van der Waals surface area contributed by atoms with Crippen LogP contribution in [0.1, 0.15) is 23.7 Å². The van der Waals surface area contributed by atoms with Crippen LogP contribution in [0.4, 0.5) is 0 Å². The van der Waals surface area contributed by atoms with Gasteiger partial charge in [-0.2, -0.15) is 0 Å². The van der Waals surface area contributed by atoms with Crippen molar-refractivity contribution in [2.24, 2.45) is 0 Å². The number of ether oxygens (including phenoxy) is 2. The molecule has 0 saturated heterocycles. The first-order chi connectivity index (χ1) is 8.26. The maximum absolute atomic E-state index is 10.4. The highest BCUT2D eigenvalue weighted by molar-refractivity contribution is 5.74. The standard InChI is InChI=1S/C12H16O3.CH4O/c1-10(14-2)7-8-15-12-5-3-11(9-13)4-6-12;1-2/h3-6,9-10H,7-8H2,1-2H3;2H,1H3. The first-order valence-corrected chi connectivity index (χ1v) is 5.42. The Kier molecular flexibility index (Phi) is 9.01. The second-order valence-corrected chi connectivity index (χ2v) is 3.37. The van der Waals surface area contributed by atoms with Gasteiger partial charge in [-0.1, -0.05) is 0 Å². The monoisotopic (exact) mass is 240 g/mol. The van der Waals surface area contributed by atoms with Crippen molar-refractivity contribution in [1.82, 2.24) is 0 Å². The van der Waals surface area contributed by atoms with Gasteiger partial charge < -0.3 is 14.6 Å². The molecule has 0 aliphatic carbocycles. The van der Waals surface area contributed by atoms with Crippen LogP contribution < -0.4 is 4.74 Å². The lowest BCUT2D eigenvalue weighted by atomic mass is 10.2. The third kappa shape index (κ3) is 6.71. The molecule has 0 fully saturated rings. The fourth-order valence-corrected chi connectivity index (χ4v) is 1.10. The lowest BCUT2D eigenvalue weighted by molar-refractivity contribution is 0.0956. The van der Waals surface area contributed by atoms with E-state index in [9.17, 15) is 4.79 Å². The number of rotatable bonds is 6. The van der Waals surface area contributed by atoms with Crippen LogP contribution in [0, 0.1) is 0 Å². The summed E-state index contributed by atoms with van der Waals surface area (Å²) in [5.41, 5.74) is 0.660. The van der Waals surface area contributed by atoms with Gasteiger partial charge in [0.15, 0.2) is 0 Å². The molecule has 0 aromatic heterocycles. The highest BCUT2D eigenvalue weighted by atomic mass is 16.5. The van der Waals surface area contributed by atoms with Crippen molar-refractivity contribution in [3.8, 4) is 5.75 Å². The number of hydrogen-bond donors (Lipinski definition) is 1. The van der Waals surface area contributed by atoms with E-state index in [1.807, 2.05) is 6.92 Å². The Labute approximate surface area is 102 Å². The van der Waals surface area contributed by atoms with Gasteiger partial charge in [0.1, 0.15) is 12.0 Å². The van der Waals surface area contributed by atoms with E-state index >= 15 is 0 Å². The summed E-state index contributed by atoms with van der Waals surface area (Å²) in [6, 6.07) is 7.06. The fraction of sp³-hybridized carbons (Fsp3) is 0.462. The molecule has 4 heteroatoms. The van der Waals surface area contributed by atoms with E-state index in [0.717, 1.165) is 25.6 Å².